The highest BCUT2D eigenvalue weighted by molar-refractivity contribution is 6.30. The van der Waals surface area contributed by atoms with E-state index < -0.39 is 53.1 Å². The number of rotatable bonds is 11. The van der Waals surface area contributed by atoms with Crippen molar-refractivity contribution in [3.8, 4) is 0 Å². The van der Waals surface area contributed by atoms with Crippen LogP contribution >= 0.6 is 11.6 Å². The molecule has 286 valence electrons. The predicted octanol–water partition coefficient (Wildman–Crippen LogP) is 9.04. The van der Waals surface area contributed by atoms with E-state index >= 15 is 4.39 Å². The Kier molecular flexibility index (Phi) is 12.6. The summed E-state index contributed by atoms with van der Waals surface area (Å²) in [6.07, 6.45) is 3.52. The van der Waals surface area contributed by atoms with Gasteiger partial charge in [0.15, 0.2) is 0 Å². The molecule has 0 unspecified atom stereocenters. The summed E-state index contributed by atoms with van der Waals surface area (Å²) in [6, 6.07) is 7.46. The molecular weight excluding hydrogens is 721 g/mol. The average molecular weight is 765 g/mol. The highest BCUT2D eigenvalue weighted by atomic mass is 35.5. The minimum atomic E-state index is -0.861. The monoisotopic (exact) mass is 764 g/mol. The van der Waals surface area contributed by atoms with Gasteiger partial charge in [-0.25, -0.2) is 22.9 Å². The number of ether oxygens (including phenoxy) is 2. The molecule has 5 rings (SSSR count). The first-order valence-corrected chi connectivity index (χ1v) is 17.8. The summed E-state index contributed by atoms with van der Waals surface area (Å²) in [5.41, 5.74) is 3.86. The number of aromatic amines is 1. The molecule has 1 aliphatic rings. The molecule has 0 bridgehead atoms. The van der Waals surface area contributed by atoms with Crippen molar-refractivity contribution in [1.29, 1.82) is 0 Å². The zero-order chi connectivity index (χ0) is 39.3. The van der Waals surface area contributed by atoms with Crippen LogP contribution in [0.2, 0.25) is 5.02 Å². The number of morpholine rings is 1. The van der Waals surface area contributed by atoms with Gasteiger partial charge in [-0.15, -0.1) is 0 Å². The number of H-pyrrole nitrogens is 1. The predicted molar refractivity (Wildman–Crippen MR) is 204 cm³/mol. The van der Waals surface area contributed by atoms with E-state index in [-0.39, 0.29) is 54.3 Å². The number of aryl methyl sites for hydroxylation is 2. The van der Waals surface area contributed by atoms with E-state index in [0.717, 1.165) is 46.7 Å². The molecular formula is C40H44ClF3N6O4. The van der Waals surface area contributed by atoms with E-state index in [1.54, 1.807) is 25.7 Å². The fourth-order valence-electron chi connectivity index (χ4n) is 6.23. The van der Waals surface area contributed by atoms with Crippen LogP contribution in [0, 0.1) is 25.5 Å². The minimum Gasteiger partial charge on any atom is -0.444 e. The van der Waals surface area contributed by atoms with Crippen LogP contribution in [-0.4, -0.2) is 70.0 Å². The molecule has 0 spiro atoms. The largest absolute Gasteiger partial charge is 0.444 e. The first-order chi connectivity index (χ1) is 25.5. The number of allylic oxidation sites excluding steroid dienone is 3. The number of fused-ring (bicyclic) bond motifs is 1. The van der Waals surface area contributed by atoms with Crippen LogP contribution in [-0.2, 0) is 20.7 Å². The number of nitrogens with zero attached hydrogens (tertiary/aromatic N) is 4. The maximum Gasteiger partial charge on any atom is 0.411 e. The number of amides is 2. The van der Waals surface area contributed by atoms with Gasteiger partial charge in [0.1, 0.15) is 34.9 Å². The summed E-state index contributed by atoms with van der Waals surface area (Å²) in [5, 5.41) is 2.60. The Morgan fingerprint density at radius 1 is 1.19 bits per heavy atom. The number of benzene rings is 2. The minimum absolute atomic E-state index is 0.111. The molecule has 0 aliphatic carbocycles. The average Bonchev–Trinajstić information content (AvgIpc) is 3.49. The van der Waals surface area contributed by atoms with Gasteiger partial charge in [-0.2, -0.15) is 0 Å². The Bertz CT molecular complexity index is 2070. The fourth-order valence-corrected chi connectivity index (χ4v) is 6.35. The molecule has 4 aromatic rings. The number of carbonyl (C=O) groups is 2. The molecule has 2 aromatic carbocycles. The Balaban J connectivity index is 1.33. The Morgan fingerprint density at radius 3 is 2.63 bits per heavy atom. The Hall–Kier alpha value is -5.01. The van der Waals surface area contributed by atoms with Gasteiger partial charge in [-0.3, -0.25) is 19.7 Å². The van der Waals surface area contributed by atoms with Crippen LogP contribution in [0.1, 0.15) is 73.7 Å². The van der Waals surface area contributed by atoms with Crippen molar-refractivity contribution in [2.24, 2.45) is 4.99 Å². The van der Waals surface area contributed by atoms with Gasteiger partial charge in [0.05, 0.1) is 59.6 Å². The van der Waals surface area contributed by atoms with E-state index in [1.807, 2.05) is 26.0 Å². The van der Waals surface area contributed by atoms with Crippen LogP contribution < -0.4 is 5.32 Å². The van der Waals surface area contributed by atoms with Crippen molar-refractivity contribution in [2.45, 2.75) is 77.5 Å². The van der Waals surface area contributed by atoms with Crippen molar-refractivity contribution >= 4 is 46.5 Å². The second-order valence-corrected chi connectivity index (χ2v) is 14.7. The topological polar surface area (TPSA) is 122 Å². The summed E-state index contributed by atoms with van der Waals surface area (Å²) in [7, 11) is 1.40. The first kappa shape index (κ1) is 40.2. The number of hydrogen-bond acceptors (Lipinski definition) is 7. The number of nitrogens with one attached hydrogen (secondary N) is 2. The standard InChI is InChI=1S/C40H44ClF3N6O4/c1-22-13-33-34(14-23(22)2)49-38(48-33)36-21-53-27(20-50(36)39(52)54-40(4,5)6)9-10-28-32(44)18-46-19-35(28)47-37(51)16-29(24(3)12-26(42)17-45-7)25-8-11-30(41)31(43)15-25/h8,11-15,17-19,27,29,36H,3,9-10,16,20-21H2,1-2,4-7H3,(H,47,51)(H,48,49)/b26-12+,45-17-/t27-,29-,36+/m1/s1. The molecule has 54 heavy (non-hydrogen) atoms. The van der Waals surface area contributed by atoms with E-state index in [9.17, 15) is 18.4 Å². The molecule has 10 nitrogen and oxygen atoms in total. The van der Waals surface area contributed by atoms with Crippen LogP contribution in [0.5, 0.6) is 0 Å². The van der Waals surface area contributed by atoms with Crippen molar-refractivity contribution in [3.63, 3.8) is 0 Å². The smallest absolute Gasteiger partial charge is 0.411 e. The maximum atomic E-state index is 15.4. The van der Waals surface area contributed by atoms with Gasteiger partial charge in [0.2, 0.25) is 5.91 Å². The van der Waals surface area contributed by atoms with Gasteiger partial charge in [-0.1, -0.05) is 24.2 Å². The first-order valence-electron chi connectivity index (χ1n) is 17.5. The number of halogens is 4. The zero-order valence-corrected chi connectivity index (χ0v) is 31.9. The van der Waals surface area contributed by atoms with Crippen molar-refractivity contribution < 1.29 is 32.2 Å². The number of aromatic nitrogens is 3. The summed E-state index contributed by atoms with van der Waals surface area (Å²) < 4.78 is 56.2. The molecule has 1 aliphatic heterocycles. The number of aliphatic imine (C=N–C) groups is 1. The summed E-state index contributed by atoms with van der Waals surface area (Å²) in [6.45, 7) is 13.5. The summed E-state index contributed by atoms with van der Waals surface area (Å²) in [5.74, 6) is -2.95. The van der Waals surface area contributed by atoms with Crippen LogP contribution in [0.4, 0.5) is 23.7 Å². The number of anilines is 1. The summed E-state index contributed by atoms with van der Waals surface area (Å²) >= 11 is 5.88. The molecule has 1 saturated heterocycles. The molecule has 2 N–H and O–H groups in total. The molecule has 0 saturated carbocycles. The van der Waals surface area contributed by atoms with Gasteiger partial charge in [0, 0.05) is 24.9 Å². The highest BCUT2D eigenvalue weighted by Crippen LogP contribution is 2.33. The third-order valence-electron chi connectivity index (χ3n) is 9.08. The van der Waals surface area contributed by atoms with Gasteiger partial charge >= 0.3 is 6.09 Å². The van der Waals surface area contributed by atoms with Gasteiger partial charge < -0.3 is 19.8 Å². The van der Waals surface area contributed by atoms with Crippen molar-refractivity contribution in [3.05, 3.63) is 112 Å². The van der Waals surface area contributed by atoms with Gasteiger partial charge in [-0.05, 0) is 100 Å². The molecule has 1 fully saturated rings. The van der Waals surface area contributed by atoms with E-state index in [0.29, 0.717) is 11.4 Å². The lowest BCUT2D eigenvalue weighted by atomic mass is 9.88. The lowest BCUT2D eigenvalue weighted by Crippen LogP contribution is -2.49. The quantitative estimate of drug-likeness (QED) is 0.116. The normalized spacial score (nSPS) is 17.2. The number of hydrogen-bond donors (Lipinski definition) is 2. The van der Waals surface area contributed by atoms with Crippen LogP contribution in [0.3, 0.4) is 0 Å². The lowest BCUT2D eigenvalue weighted by molar-refractivity contribution is -0.116. The third kappa shape index (κ3) is 9.94. The maximum absolute atomic E-state index is 15.4. The Morgan fingerprint density at radius 2 is 1.93 bits per heavy atom. The number of carbonyl (C=O) groups excluding carboxylic acids is 2. The van der Waals surface area contributed by atoms with Crippen LogP contribution in [0.25, 0.3) is 11.0 Å². The van der Waals surface area contributed by atoms with Crippen molar-refractivity contribution in [2.75, 3.05) is 25.5 Å². The molecule has 0 radical (unpaired) electrons. The fraction of sp³-hybridized carbons (Fsp3) is 0.375. The van der Waals surface area contributed by atoms with E-state index in [1.165, 1.54) is 25.4 Å². The number of imidazole rings is 1. The van der Waals surface area contributed by atoms with Gasteiger partial charge in [0.25, 0.3) is 0 Å². The second kappa shape index (κ2) is 17.0. The molecule has 3 heterocycles. The molecule has 2 aromatic heterocycles. The Labute approximate surface area is 317 Å². The second-order valence-electron chi connectivity index (χ2n) is 14.3. The zero-order valence-electron chi connectivity index (χ0n) is 31.1. The molecule has 14 heteroatoms. The number of pyridine rings is 1. The third-order valence-corrected chi connectivity index (χ3v) is 9.39. The van der Waals surface area contributed by atoms with Crippen LogP contribution in [0.15, 0.2) is 71.8 Å². The molecule has 2 amide bonds. The highest BCUT2D eigenvalue weighted by Gasteiger charge is 2.37. The lowest BCUT2D eigenvalue weighted by Gasteiger charge is -2.39. The van der Waals surface area contributed by atoms with Crippen molar-refractivity contribution in [1.82, 2.24) is 19.9 Å². The SMILES string of the molecule is C=C(/C=C(F)\C=N/C)[C@@H](CC(=O)Nc1cncc(F)c1CC[C@@H]1CN(C(=O)OC(C)(C)C)[C@H](c2nc3cc(C)c(C)cc3[nH]2)CO1)c1ccc(Cl)c(F)c1. The van der Waals surface area contributed by atoms with E-state index in [4.69, 9.17) is 26.1 Å². The summed E-state index contributed by atoms with van der Waals surface area (Å²) in [4.78, 5) is 44.3. The molecule has 3 atom stereocenters. The van der Waals surface area contributed by atoms with E-state index in [2.05, 4.69) is 26.9 Å².